The number of ether oxygens (including phenoxy) is 2. The zero-order valence-corrected chi connectivity index (χ0v) is 16.6. The highest BCUT2D eigenvalue weighted by atomic mass is 35.5. The minimum absolute atomic E-state index is 0.0663. The van der Waals surface area contributed by atoms with Crippen molar-refractivity contribution < 1.29 is 23.9 Å². The van der Waals surface area contributed by atoms with Crippen LogP contribution in [0.5, 0.6) is 5.75 Å². The largest absolute Gasteiger partial charge is 0.482 e. The molecule has 2 aromatic rings. The molecule has 0 aliphatic heterocycles. The molecule has 0 fully saturated rings. The van der Waals surface area contributed by atoms with Crippen molar-refractivity contribution in [1.29, 1.82) is 0 Å². The van der Waals surface area contributed by atoms with Crippen LogP contribution >= 0.6 is 11.6 Å². The van der Waals surface area contributed by atoms with Gasteiger partial charge in [0.2, 0.25) is 5.91 Å². The van der Waals surface area contributed by atoms with Crippen LogP contribution in [0.25, 0.3) is 0 Å². The van der Waals surface area contributed by atoms with E-state index in [9.17, 15) is 14.4 Å². The fourth-order valence-corrected chi connectivity index (χ4v) is 2.53. The molecular weight excluding hydrogens is 396 g/mol. The molecule has 0 radical (unpaired) electrons. The molecule has 2 amide bonds. The fourth-order valence-electron chi connectivity index (χ4n) is 2.34. The monoisotopic (exact) mass is 418 g/mol. The topological polar surface area (TPSA) is 93.7 Å². The zero-order valence-electron chi connectivity index (χ0n) is 15.9. The number of carbonyl (C=O) groups excluding carboxylic acids is 3. The molecule has 0 aliphatic carbocycles. The molecule has 29 heavy (non-hydrogen) atoms. The van der Waals surface area contributed by atoms with E-state index in [1.165, 1.54) is 5.56 Å². The van der Waals surface area contributed by atoms with E-state index in [-0.39, 0.29) is 19.4 Å². The van der Waals surface area contributed by atoms with Crippen molar-refractivity contribution in [2.75, 3.05) is 13.2 Å². The molecule has 8 heteroatoms. The Morgan fingerprint density at radius 3 is 2.31 bits per heavy atom. The van der Waals surface area contributed by atoms with Gasteiger partial charge in [-0.25, -0.2) is 0 Å². The van der Waals surface area contributed by atoms with Gasteiger partial charge in [-0.1, -0.05) is 54.1 Å². The number of nitrogens with one attached hydrogen (secondary N) is 2. The summed E-state index contributed by atoms with van der Waals surface area (Å²) in [6.45, 7) is -0.0149. The van der Waals surface area contributed by atoms with E-state index < -0.39 is 17.8 Å². The maximum atomic E-state index is 11.7. The average molecular weight is 419 g/mol. The summed E-state index contributed by atoms with van der Waals surface area (Å²) >= 11 is 5.91. The molecule has 0 unspecified atom stereocenters. The van der Waals surface area contributed by atoms with Crippen LogP contribution in [0.4, 0.5) is 0 Å². The summed E-state index contributed by atoms with van der Waals surface area (Å²) in [6, 6.07) is 16.6. The third-order valence-electron chi connectivity index (χ3n) is 3.81. The van der Waals surface area contributed by atoms with E-state index in [0.29, 0.717) is 23.8 Å². The molecule has 0 aromatic heterocycles. The number of benzene rings is 2. The van der Waals surface area contributed by atoms with E-state index in [1.807, 2.05) is 30.3 Å². The van der Waals surface area contributed by atoms with Crippen molar-refractivity contribution in [3.8, 4) is 5.75 Å². The number of hydrogen-bond donors (Lipinski definition) is 2. The van der Waals surface area contributed by atoms with Crippen molar-refractivity contribution in [1.82, 2.24) is 10.9 Å². The molecule has 154 valence electrons. The summed E-state index contributed by atoms with van der Waals surface area (Å²) in [6.07, 6.45) is 1.37. The molecular formula is C21H23ClN2O5. The lowest BCUT2D eigenvalue weighted by Crippen LogP contribution is -2.43. The van der Waals surface area contributed by atoms with Gasteiger partial charge in [0.1, 0.15) is 5.75 Å². The fraction of sp³-hybridized carbons (Fsp3) is 0.286. The highest BCUT2D eigenvalue weighted by Gasteiger charge is 2.10. The highest BCUT2D eigenvalue weighted by Crippen LogP contribution is 2.22. The third-order valence-corrected chi connectivity index (χ3v) is 4.12. The quantitative estimate of drug-likeness (QED) is 0.351. The summed E-state index contributed by atoms with van der Waals surface area (Å²) in [5, 5.41) is 0.381. The van der Waals surface area contributed by atoms with Gasteiger partial charge in [0.25, 0.3) is 5.91 Å². The Labute approximate surface area is 174 Å². The van der Waals surface area contributed by atoms with Crippen LogP contribution in [0.15, 0.2) is 54.6 Å². The zero-order chi connectivity index (χ0) is 20.9. The molecule has 2 aromatic carbocycles. The Balaban J connectivity index is 1.52. The Morgan fingerprint density at radius 2 is 1.55 bits per heavy atom. The van der Waals surface area contributed by atoms with Crippen molar-refractivity contribution in [3.05, 3.63) is 65.2 Å². The number of amides is 2. The summed E-state index contributed by atoms with van der Waals surface area (Å²) in [5.74, 6) is -1.15. The molecule has 0 saturated carbocycles. The first-order chi connectivity index (χ1) is 14.0. The molecule has 0 saturated heterocycles. The van der Waals surface area contributed by atoms with E-state index >= 15 is 0 Å². The number of aryl methyl sites for hydroxylation is 1. The van der Waals surface area contributed by atoms with Gasteiger partial charge in [0, 0.05) is 6.42 Å². The van der Waals surface area contributed by atoms with Gasteiger partial charge in [-0.2, -0.15) is 0 Å². The SMILES string of the molecule is O=C(CCC(=O)OCCCc1ccccc1)NNC(=O)COc1ccccc1Cl. The molecule has 0 heterocycles. The summed E-state index contributed by atoms with van der Waals surface area (Å²) < 4.78 is 10.3. The maximum Gasteiger partial charge on any atom is 0.306 e. The Hall–Kier alpha value is -3.06. The van der Waals surface area contributed by atoms with E-state index in [1.54, 1.807) is 24.3 Å². The smallest absolute Gasteiger partial charge is 0.306 e. The predicted molar refractivity (Wildman–Crippen MR) is 108 cm³/mol. The Kier molecular flexibility index (Phi) is 9.51. The van der Waals surface area contributed by atoms with Crippen molar-refractivity contribution in [3.63, 3.8) is 0 Å². The van der Waals surface area contributed by atoms with Crippen LogP contribution in [0.3, 0.4) is 0 Å². The lowest BCUT2D eigenvalue weighted by Gasteiger charge is -2.09. The number of rotatable bonds is 10. The van der Waals surface area contributed by atoms with E-state index in [2.05, 4.69) is 10.9 Å². The Bertz CT molecular complexity index is 814. The number of hydrazine groups is 1. The normalized spacial score (nSPS) is 10.1. The number of halogens is 1. The molecule has 0 atom stereocenters. The molecule has 2 N–H and O–H groups in total. The molecule has 0 spiro atoms. The average Bonchev–Trinajstić information content (AvgIpc) is 2.74. The van der Waals surface area contributed by atoms with Crippen LogP contribution in [0.2, 0.25) is 5.02 Å². The minimum Gasteiger partial charge on any atom is -0.482 e. The van der Waals surface area contributed by atoms with Gasteiger partial charge in [-0.05, 0) is 30.5 Å². The third kappa shape index (κ3) is 9.12. The summed E-state index contributed by atoms with van der Waals surface area (Å²) in [4.78, 5) is 35.0. The van der Waals surface area contributed by atoms with Crippen LogP contribution in [0.1, 0.15) is 24.8 Å². The highest BCUT2D eigenvalue weighted by molar-refractivity contribution is 6.32. The second kappa shape index (κ2) is 12.4. The Morgan fingerprint density at radius 1 is 0.862 bits per heavy atom. The molecule has 0 bridgehead atoms. The van der Waals surface area contributed by atoms with Crippen molar-refractivity contribution in [2.24, 2.45) is 0 Å². The summed E-state index contributed by atoms with van der Waals surface area (Å²) in [5.41, 5.74) is 5.60. The molecule has 7 nitrogen and oxygen atoms in total. The van der Waals surface area contributed by atoms with Gasteiger partial charge in [0.05, 0.1) is 18.1 Å². The first-order valence-electron chi connectivity index (χ1n) is 9.19. The second-order valence-corrected chi connectivity index (χ2v) is 6.53. The lowest BCUT2D eigenvalue weighted by molar-refractivity contribution is -0.145. The van der Waals surface area contributed by atoms with E-state index in [0.717, 1.165) is 6.42 Å². The second-order valence-electron chi connectivity index (χ2n) is 6.13. The van der Waals surface area contributed by atoms with Gasteiger partial charge >= 0.3 is 5.97 Å². The van der Waals surface area contributed by atoms with Crippen LogP contribution < -0.4 is 15.6 Å². The van der Waals surface area contributed by atoms with E-state index in [4.69, 9.17) is 21.1 Å². The van der Waals surface area contributed by atoms with Crippen molar-refractivity contribution >= 4 is 29.4 Å². The molecule has 0 aliphatic rings. The lowest BCUT2D eigenvalue weighted by atomic mass is 10.1. The van der Waals surface area contributed by atoms with Gasteiger partial charge in [0.15, 0.2) is 6.61 Å². The van der Waals surface area contributed by atoms with Crippen LogP contribution in [-0.4, -0.2) is 31.0 Å². The number of hydrogen-bond acceptors (Lipinski definition) is 5. The number of esters is 1. The first kappa shape index (κ1) is 22.2. The van der Waals surface area contributed by atoms with Crippen LogP contribution in [-0.2, 0) is 25.5 Å². The van der Waals surface area contributed by atoms with Crippen molar-refractivity contribution in [2.45, 2.75) is 25.7 Å². The summed E-state index contributed by atoms with van der Waals surface area (Å²) in [7, 11) is 0. The molecule has 2 rings (SSSR count). The van der Waals surface area contributed by atoms with Gasteiger partial charge in [-0.3, -0.25) is 25.2 Å². The number of carbonyl (C=O) groups is 3. The standard InChI is InChI=1S/C21H23ClN2O5/c22-17-10-4-5-11-18(17)29-15-20(26)24-23-19(25)12-13-21(27)28-14-6-9-16-7-2-1-3-8-16/h1-5,7-8,10-11H,6,9,12-15H2,(H,23,25)(H,24,26). The van der Waals surface area contributed by atoms with Gasteiger partial charge in [-0.15, -0.1) is 0 Å². The minimum atomic E-state index is -0.554. The first-order valence-corrected chi connectivity index (χ1v) is 9.57. The van der Waals surface area contributed by atoms with Gasteiger partial charge < -0.3 is 9.47 Å². The van der Waals surface area contributed by atoms with Crippen LogP contribution in [0, 0.1) is 0 Å². The predicted octanol–water partition coefficient (Wildman–Crippen LogP) is 2.82. The maximum absolute atomic E-state index is 11.7. The number of para-hydroxylation sites is 1.